The summed E-state index contributed by atoms with van der Waals surface area (Å²) in [5.41, 5.74) is -0.308. The largest absolute Gasteiger partial charge is 0.365 e. The lowest BCUT2D eigenvalue weighted by atomic mass is 10.3. The van der Waals surface area contributed by atoms with Crippen molar-refractivity contribution in [2.24, 2.45) is 0 Å². The van der Waals surface area contributed by atoms with E-state index < -0.39 is 0 Å². The van der Waals surface area contributed by atoms with Gasteiger partial charge < -0.3 is 15.2 Å². The number of hydrogen-bond acceptors (Lipinski definition) is 4. The van der Waals surface area contributed by atoms with Gasteiger partial charge in [0.15, 0.2) is 5.82 Å². The zero-order valence-corrected chi connectivity index (χ0v) is 10.6. The molecule has 1 saturated heterocycles. The Morgan fingerprint density at radius 2 is 2.29 bits per heavy atom. The molecule has 1 fully saturated rings. The molecular weight excluding hydrogens is 240 g/mol. The quantitative estimate of drug-likeness (QED) is 0.853. The van der Waals surface area contributed by atoms with Crippen LogP contribution in [0.1, 0.15) is 19.8 Å². The van der Waals surface area contributed by atoms with Crippen molar-refractivity contribution in [1.29, 1.82) is 0 Å². The predicted octanol–water partition coefficient (Wildman–Crippen LogP) is 1.32. The van der Waals surface area contributed by atoms with E-state index in [4.69, 9.17) is 11.6 Å². The molecule has 2 heterocycles. The number of likely N-dealkylation sites (tertiary alicyclic amines) is 1. The van der Waals surface area contributed by atoms with Crippen molar-refractivity contribution in [3.63, 3.8) is 0 Å². The van der Waals surface area contributed by atoms with E-state index >= 15 is 0 Å². The molecule has 1 atom stereocenters. The maximum Gasteiger partial charge on any atom is 0.271 e. The summed E-state index contributed by atoms with van der Waals surface area (Å²) in [7, 11) is 0. The van der Waals surface area contributed by atoms with Crippen molar-refractivity contribution in [2.45, 2.75) is 25.8 Å². The Balaban J connectivity index is 1.95. The Labute approximate surface area is 105 Å². The molecule has 1 aromatic heterocycles. The third-order valence-corrected chi connectivity index (χ3v) is 3.26. The first-order valence-corrected chi connectivity index (χ1v) is 6.26. The van der Waals surface area contributed by atoms with Crippen LogP contribution in [-0.2, 0) is 0 Å². The molecule has 2 rings (SSSR count). The van der Waals surface area contributed by atoms with Crippen molar-refractivity contribution in [3.8, 4) is 0 Å². The topological polar surface area (TPSA) is 61.0 Å². The highest BCUT2D eigenvalue weighted by molar-refractivity contribution is 6.32. The SMILES string of the molecule is CC(CN1CCCC1)Nc1nc[nH]c(=O)c1Cl. The standard InChI is InChI=1S/C11H17ClN4O/c1-8(6-16-4-2-3-5-16)15-10-9(12)11(17)14-7-13-10/h7-8H,2-6H2,1H3,(H2,13,14,15,17). The number of aromatic nitrogens is 2. The summed E-state index contributed by atoms with van der Waals surface area (Å²) in [5, 5.41) is 3.30. The normalized spacial score (nSPS) is 18.2. The highest BCUT2D eigenvalue weighted by atomic mass is 35.5. The third kappa shape index (κ3) is 3.20. The lowest BCUT2D eigenvalue weighted by Crippen LogP contribution is -2.33. The van der Waals surface area contributed by atoms with Gasteiger partial charge in [-0.1, -0.05) is 11.6 Å². The van der Waals surface area contributed by atoms with Gasteiger partial charge in [-0.25, -0.2) is 4.98 Å². The summed E-state index contributed by atoms with van der Waals surface area (Å²) < 4.78 is 0. The molecule has 1 aromatic rings. The number of rotatable bonds is 4. The summed E-state index contributed by atoms with van der Waals surface area (Å²) >= 11 is 5.87. The van der Waals surface area contributed by atoms with E-state index in [-0.39, 0.29) is 16.6 Å². The summed E-state index contributed by atoms with van der Waals surface area (Å²) in [5.74, 6) is 0.460. The van der Waals surface area contributed by atoms with Crippen LogP contribution in [0.15, 0.2) is 11.1 Å². The molecule has 2 N–H and O–H groups in total. The van der Waals surface area contributed by atoms with Gasteiger partial charge in [-0.2, -0.15) is 0 Å². The van der Waals surface area contributed by atoms with Crippen LogP contribution in [0.4, 0.5) is 5.82 Å². The third-order valence-electron chi connectivity index (χ3n) is 2.91. The summed E-state index contributed by atoms with van der Waals surface area (Å²) in [6, 6.07) is 0.222. The van der Waals surface area contributed by atoms with Crippen LogP contribution in [0.25, 0.3) is 0 Å². The second-order valence-corrected chi connectivity index (χ2v) is 4.83. The minimum absolute atomic E-state index is 0.126. The predicted molar refractivity (Wildman–Crippen MR) is 68.6 cm³/mol. The van der Waals surface area contributed by atoms with Crippen LogP contribution >= 0.6 is 11.6 Å². The van der Waals surface area contributed by atoms with Crippen LogP contribution in [0.3, 0.4) is 0 Å². The Bertz CT molecular complexity index is 428. The molecule has 1 aliphatic heterocycles. The number of halogens is 1. The zero-order valence-electron chi connectivity index (χ0n) is 9.87. The maximum absolute atomic E-state index is 11.3. The van der Waals surface area contributed by atoms with Crippen molar-refractivity contribution < 1.29 is 0 Å². The molecule has 0 radical (unpaired) electrons. The second-order valence-electron chi connectivity index (χ2n) is 4.45. The molecule has 0 bridgehead atoms. The first kappa shape index (κ1) is 12.4. The fraction of sp³-hybridized carbons (Fsp3) is 0.636. The van der Waals surface area contributed by atoms with E-state index in [1.54, 1.807) is 0 Å². The lowest BCUT2D eigenvalue weighted by Gasteiger charge is -2.21. The molecule has 5 nitrogen and oxygen atoms in total. The van der Waals surface area contributed by atoms with Gasteiger partial charge in [0.2, 0.25) is 0 Å². The first-order valence-electron chi connectivity index (χ1n) is 5.89. The molecule has 0 spiro atoms. The molecule has 0 aromatic carbocycles. The molecule has 17 heavy (non-hydrogen) atoms. The Kier molecular flexibility index (Phi) is 4.02. The molecule has 1 aliphatic rings. The number of nitrogens with one attached hydrogen (secondary N) is 2. The van der Waals surface area contributed by atoms with Gasteiger partial charge in [0.25, 0.3) is 5.56 Å². The summed E-state index contributed by atoms with van der Waals surface area (Å²) in [6.45, 7) is 5.33. The number of H-pyrrole nitrogens is 1. The molecule has 1 unspecified atom stereocenters. The average Bonchev–Trinajstić information content (AvgIpc) is 2.77. The number of nitrogens with zero attached hydrogens (tertiary/aromatic N) is 2. The van der Waals surface area contributed by atoms with E-state index in [0.29, 0.717) is 5.82 Å². The highest BCUT2D eigenvalue weighted by Crippen LogP contribution is 2.14. The van der Waals surface area contributed by atoms with Gasteiger partial charge in [0.1, 0.15) is 5.02 Å². The fourth-order valence-electron chi connectivity index (χ4n) is 2.12. The van der Waals surface area contributed by atoms with Gasteiger partial charge in [-0.15, -0.1) is 0 Å². The van der Waals surface area contributed by atoms with Gasteiger partial charge in [0, 0.05) is 12.6 Å². The average molecular weight is 257 g/mol. The van der Waals surface area contributed by atoms with Crippen molar-refractivity contribution >= 4 is 17.4 Å². The van der Waals surface area contributed by atoms with E-state index in [1.165, 1.54) is 19.2 Å². The van der Waals surface area contributed by atoms with E-state index in [1.807, 2.05) is 0 Å². The number of anilines is 1. The molecule has 6 heteroatoms. The van der Waals surface area contributed by atoms with Crippen LogP contribution in [0.2, 0.25) is 5.02 Å². The fourth-order valence-corrected chi connectivity index (χ4v) is 2.27. The van der Waals surface area contributed by atoms with E-state index in [0.717, 1.165) is 19.6 Å². The Morgan fingerprint density at radius 1 is 1.59 bits per heavy atom. The van der Waals surface area contributed by atoms with Gasteiger partial charge >= 0.3 is 0 Å². The minimum atomic E-state index is -0.308. The van der Waals surface area contributed by atoms with E-state index in [9.17, 15) is 4.79 Å². The van der Waals surface area contributed by atoms with Crippen LogP contribution < -0.4 is 10.9 Å². The summed E-state index contributed by atoms with van der Waals surface area (Å²) in [4.78, 5) is 20.2. The highest BCUT2D eigenvalue weighted by Gasteiger charge is 2.15. The Morgan fingerprint density at radius 3 is 3.00 bits per heavy atom. The van der Waals surface area contributed by atoms with E-state index in [2.05, 4.69) is 27.1 Å². The Hall–Kier alpha value is -1.07. The van der Waals surface area contributed by atoms with Crippen molar-refractivity contribution in [3.05, 3.63) is 21.7 Å². The smallest absolute Gasteiger partial charge is 0.271 e. The lowest BCUT2D eigenvalue weighted by molar-refractivity contribution is 0.327. The van der Waals surface area contributed by atoms with Crippen LogP contribution in [0.5, 0.6) is 0 Å². The van der Waals surface area contributed by atoms with Crippen molar-refractivity contribution in [1.82, 2.24) is 14.9 Å². The van der Waals surface area contributed by atoms with Crippen LogP contribution in [0, 0.1) is 0 Å². The zero-order chi connectivity index (χ0) is 12.3. The molecule has 0 amide bonds. The van der Waals surface area contributed by atoms with Gasteiger partial charge in [0.05, 0.1) is 6.33 Å². The van der Waals surface area contributed by atoms with Crippen LogP contribution in [-0.4, -0.2) is 40.5 Å². The van der Waals surface area contributed by atoms with Gasteiger partial charge in [-0.3, -0.25) is 4.79 Å². The molecular formula is C11H17ClN4O. The van der Waals surface area contributed by atoms with Crippen molar-refractivity contribution in [2.75, 3.05) is 25.0 Å². The molecule has 0 saturated carbocycles. The first-order chi connectivity index (χ1) is 8.16. The second kappa shape index (κ2) is 5.51. The maximum atomic E-state index is 11.3. The monoisotopic (exact) mass is 256 g/mol. The van der Waals surface area contributed by atoms with Gasteiger partial charge in [-0.05, 0) is 32.9 Å². The summed E-state index contributed by atoms with van der Waals surface area (Å²) in [6.07, 6.45) is 3.91. The molecule has 94 valence electrons. The minimum Gasteiger partial charge on any atom is -0.365 e. The number of aromatic amines is 1. The number of hydrogen-bond donors (Lipinski definition) is 2. The molecule has 0 aliphatic carbocycles.